The summed E-state index contributed by atoms with van der Waals surface area (Å²) in [7, 11) is -8.04. The average molecular weight is 606 g/mol. The van der Waals surface area contributed by atoms with Gasteiger partial charge in [-0.15, -0.1) is 0 Å². The summed E-state index contributed by atoms with van der Waals surface area (Å²) < 4.78 is 56.4. The van der Waals surface area contributed by atoms with E-state index >= 15 is 0 Å². The smallest absolute Gasteiger partial charge is 0.259 e. The van der Waals surface area contributed by atoms with E-state index in [9.17, 15) is 21.6 Å². The van der Waals surface area contributed by atoms with Crippen LogP contribution in [0.2, 0.25) is 0 Å². The summed E-state index contributed by atoms with van der Waals surface area (Å²) in [5.41, 5.74) is 3.69. The lowest BCUT2D eigenvalue weighted by Gasteiger charge is -2.38. The molecule has 0 unspecified atom stereocenters. The fourth-order valence-corrected chi connectivity index (χ4v) is 7.37. The second-order valence-corrected chi connectivity index (χ2v) is 13.0. The molecule has 0 aromatic heterocycles. The molecule has 1 saturated heterocycles. The molecule has 0 spiro atoms. The van der Waals surface area contributed by atoms with Crippen molar-refractivity contribution in [3.63, 3.8) is 0 Å². The summed E-state index contributed by atoms with van der Waals surface area (Å²) in [5.74, 6) is -0.734. The Morgan fingerprint density at radius 3 is 2.05 bits per heavy atom. The molecule has 0 saturated carbocycles. The molecule has 4 rings (SSSR count). The average Bonchev–Trinajstić information content (AvgIpc) is 2.92. The first-order chi connectivity index (χ1) is 17.6. The summed E-state index contributed by atoms with van der Waals surface area (Å²) in [6.07, 6.45) is 0. The molecule has 1 atom stereocenters. The highest BCUT2D eigenvalue weighted by molar-refractivity contribution is 9.10. The highest BCUT2D eigenvalue weighted by Gasteiger charge is 2.43. The number of piperazine rings is 1. The molecule has 0 bridgehead atoms. The van der Waals surface area contributed by atoms with Crippen molar-refractivity contribution >= 4 is 47.6 Å². The molecule has 1 fully saturated rings. The van der Waals surface area contributed by atoms with Gasteiger partial charge in [-0.05, 0) is 48.9 Å². The van der Waals surface area contributed by atoms with E-state index in [-0.39, 0.29) is 29.4 Å². The van der Waals surface area contributed by atoms with Crippen LogP contribution in [0.3, 0.4) is 0 Å². The summed E-state index contributed by atoms with van der Waals surface area (Å²) in [6, 6.07) is 21.5. The maximum Gasteiger partial charge on any atom is 0.259 e. The predicted molar refractivity (Wildman–Crippen MR) is 144 cm³/mol. The molecule has 12 heteroatoms. The second kappa shape index (κ2) is 11.2. The maximum atomic E-state index is 13.5. The van der Waals surface area contributed by atoms with E-state index in [1.54, 1.807) is 43.3 Å². The van der Waals surface area contributed by atoms with Crippen LogP contribution in [-0.2, 0) is 24.8 Å². The van der Waals surface area contributed by atoms with Crippen LogP contribution in [0.4, 0.5) is 0 Å². The first-order valence-electron chi connectivity index (χ1n) is 11.3. The van der Waals surface area contributed by atoms with Crippen molar-refractivity contribution in [1.29, 1.82) is 0 Å². The Morgan fingerprint density at radius 2 is 1.46 bits per heavy atom. The van der Waals surface area contributed by atoms with Gasteiger partial charge < -0.3 is 0 Å². The van der Waals surface area contributed by atoms with E-state index in [1.165, 1.54) is 24.3 Å². The number of carbonyl (C=O) groups excluding carboxylic acids is 1. The fourth-order valence-electron chi connectivity index (χ4n) is 3.92. The van der Waals surface area contributed by atoms with E-state index in [2.05, 4.69) is 26.5 Å². The van der Waals surface area contributed by atoms with Gasteiger partial charge >= 0.3 is 0 Å². The van der Waals surface area contributed by atoms with Gasteiger partial charge in [0.15, 0.2) is 0 Å². The summed E-state index contributed by atoms with van der Waals surface area (Å²) in [5, 5.41) is 4.15. The number of hydrazone groups is 1. The largest absolute Gasteiger partial charge is 0.271 e. The normalized spacial score (nSPS) is 17.9. The Morgan fingerprint density at radius 1 is 0.865 bits per heavy atom. The number of halogens is 1. The molecule has 1 aliphatic rings. The van der Waals surface area contributed by atoms with Crippen LogP contribution in [0.1, 0.15) is 12.5 Å². The van der Waals surface area contributed by atoms with Crippen LogP contribution in [0.5, 0.6) is 0 Å². The van der Waals surface area contributed by atoms with Crippen molar-refractivity contribution in [2.75, 3.05) is 19.6 Å². The third-order valence-electron chi connectivity index (χ3n) is 5.90. The van der Waals surface area contributed by atoms with Crippen molar-refractivity contribution in [1.82, 2.24) is 14.0 Å². The molecule has 1 amide bonds. The molecule has 0 radical (unpaired) electrons. The van der Waals surface area contributed by atoms with E-state index in [4.69, 9.17) is 0 Å². The lowest BCUT2D eigenvalue weighted by atomic mass is 10.1. The molecule has 1 N–H and O–H groups in total. The lowest BCUT2D eigenvalue weighted by Crippen LogP contribution is -2.60. The van der Waals surface area contributed by atoms with Gasteiger partial charge in [-0.1, -0.05) is 64.5 Å². The minimum Gasteiger partial charge on any atom is -0.271 e. The van der Waals surface area contributed by atoms with Crippen LogP contribution in [0, 0.1) is 0 Å². The van der Waals surface area contributed by atoms with Gasteiger partial charge in [-0.2, -0.15) is 13.7 Å². The highest BCUT2D eigenvalue weighted by Crippen LogP contribution is 2.25. The number of nitrogens with zero attached hydrogens (tertiary/aromatic N) is 3. The van der Waals surface area contributed by atoms with Gasteiger partial charge in [0.05, 0.1) is 15.5 Å². The molecular weight excluding hydrogens is 580 g/mol. The Kier molecular flexibility index (Phi) is 8.24. The van der Waals surface area contributed by atoms with Gasteiger partial charge in [0.25, 0.3) is 5.91 Å². The lowest BCUT2D eigenvalue weighted by molar-refractivity contribution is -0.125. The number of rotatable bonds is 7. The number of sulfonamides is 2. The van der Waals surface area contributed by atoms with E-state index in [0.29, 0.717) is 5.71 Å². The number of amides is 1. The predicted octanol–water partition coefficient (Wildman–Crippen LogP) is 3.05. The fraction of sp³-hybridized carbons (Fsp3) is 0.200. The van der Waals surface area contributed by atoms with Crippen LogP contribution in [-0.4, -0.2) is 62.7 Å². The zero-order valence-electron chi connectivity index (χ0n) is 19.9. The number of nitrogens with one attached hydrogen (secondary N) is 1. The second-order valence-electron chi connectivity index (χ2n) is 8.30. The molecule has 1 aliphatic heterocycles. The molecule has 37 heavy (non-hydrogen) atoms. The Hall–Kier alpha value is -2.90. The molecule has 0 aliphatic carbocycles. The van der Waals surface area contributed by atoms with Crippen molar-refractivity contribution < 1.29 is 21.6 Å². The minimum atomic E-state index is -4.09. The van der Waals surface area contributed by atoms with Crippen LogP contribution in [0.15, 0.2) is 104 Å². The number of carbonyl (C=O) groups is 1. The minimum absolute atomic E-state index is 0.0148. The Balaban J connectivity index is 1.65. The van der Waals surface area contributed by atoms with Crippen molar-refractivity contribution in [2.24, 2.45) is 5.10 Å². The molecular formula is C25H25BrN4O5S2. The first kappa shape index (κ1) is 27.1. The van der Waals surface area contributed by atoms with E-state index < -0.39 is 32.0 Å². The highest BCUT2D eigenvalue weighted by atomic mass is 79.9. The van der Waals surface area contributed by atoms with Gasteiger partial charge in [-0.25, -0.2) is 22.3 Å². The molecule has 194 valence electrons. The molecule has 9 nitrogen and oxygen atoms in total. The summed E-state index contributed by atoms with van der Waals surface area (Å²) in [4.78, 5) is 13.4. The number of hydrogen-bond donors (Lipinski definition) is 1. The standard InChI is InChI=1S/C25H25BrN4O5S2/c1-19(20-9-8-10-21(26)17-20)27-28-25(31)24-18-29(36(32,33)22-11-4-2-5-12-22)15-16-30(24)37(34,35)23-13-6-3-7-14-23/h2-14,17,24H,15-16,18H2,1H3,(H,28,31)/b27-19-/t24-/m0/s1. The number of hydrogen-bond acceptors (Lipinski definition) is 6. The molecule has 3 aromatic rings. The monoisotopic (exact) mass is 604 g/mol. The number of benzene rings is 3. The van der Waals surface area contributed by atoms with Gasteiger partial charge in [0.2, 0.25) is 20.0 Å². The SMILES string of the molecule is C/C(=N/NC(=O)[C@@H]1CN(S(=O)(=O)c2ccccc2)CCN1S(=O)(=O)c1ccccc1)c1cccc(Br)c1. The topological polar surface area (TPSA) is 116 Å². The van der Waals surface area contributed by atoms with Gasteiger partial charge in [0, 0.05) is 24.1 Å². The van der Waals surface area contributed by atoms with E-state index in [1.807, 2.05) is 24.3 Å². The first-order valence-corrected chi connectivity index (χ1v) is 15.0. The van der Waals surface area contributed by atoms with Gasteiger partial charge in [-0.3, -0.25) is 4.79 Å². The van der Waals surface area contributed by atoms with Crippen LogP contribution in [0.25, 0.3) is 0 Å². The van der Waals surface area contributed by atoms with E-state index in [0.717, 1.165) is 18.6 Å². The zero-order valence-corrected chi connectivity index (χ0v) is 23.1. The van der Waals surface area contributed by atoms with Gasteiger partial charge in [0.1, 0.15) is 6.04 Å². The summed E-state index contributed by atoms with van der Waals surface area (Å²) in [6.45, 7) is 1.04. The van der Waals surface area contributed by atoms with Crippen LogP contribution >= 0.6 is 15.9 Å². The quantitative estimate of drug-likeness (QED) is 0.329. The molecule has 3 aromatic carbocycles. The van der Waals surface area contributed by atoms with Crippen molar-refractivity contribution in [3.8, 4) is 0 Å². The van der Waals surface area contributed by atoms with Crippen LogP contribution < -0.4 is 5.43 Å². The zero-order chi connectivity index (χ0) is 26.6. The third kappa shape index (κ3) is 5.99. The Labute approximate surface area is 225 Å². The maximum absolute atomic E-state index is 13.5. The third-order valence-corrected chi connectivity index (χ3v) is 10.2. The van der Waals surface area contributed by atoms with Crippen molar-refractivity contribution in [3.05, 3.63) is 95.0 Å². The summed E-state index contributed by atoms with van der Waals surface area (Å²) >= 11 is 3.39. The van der Waals surface area contributed by atoms with Crippen molar-refractivity contribution in [2.45, 2.75) is 22.8 Å². The molecule has 1 heterocycles. The Bertz CT molecular complexity index is 1510.